The Labute approximate surface area is 245 Å². The maximum Gasteiger partial charge on any atom is 0.149 e. The zero-order valence-corrected chi connectivity index (χ0v) is 25.5. The molecule has 0 heterocycles. The average Bonchev–Trinajstić information content (AvgIpc) is 3.16. The molecule has 0 saturated carbocycles. The molecule has 0 bridgehead atoms. The minimum Gasteiger partial charge on any atom is -0.494 e. The van der Waals surface area contributed by atoms with Gasteiger partial charge in [0.1, 0.15) is 23.1 Å². The van der Waals surface area contributed by atoms with Gasteiger partial charge in [0.05, 0.1) is 18.4 Å². The van der Waals surface area contributed by atoms with Crippen molar-refractivity contribution in [2.75, 3.05) is 12.3 Å². The molecule has 0 radical (unpaired) electrons. The predicted molar refractivity (Wildman–Crippen MR) is 168 cm³/mol. The van der Waals surface area contributed by atoms with Crippen LogP contribution in [0.1, 0.15) is 108 Å². The molecular weight excluding hydrogens is 516 g/mol. The standard InChI is InChI=1S/C31H35F2NO2.C5H12/c1-4-8-21(5-2)36-22-13-11-20(12-14-22)30-25(24-16-15-23(35-6-3)19-28(24)32)9-7-10-27-26(30)17-18-29(34)31(27)33;1-3-5-4-2/h11-19,21H,4-10,34H2,1-3H3;3-5H2,1-2H3. The molecule has 222 valence electrons. The Balaban J connectivity index is 0.000000850. The molecule has 0 spiro atoms. The number of allylic oxidation sites excluding steroid dienone is 1. The highest BCUT2D eigenvalue weighted by Crippen LogP contribution is 2.42. The highest BCUT2D eigenvalue weighted by molar-refractivity contribution is 6.00. The summed E-state index contributed by atoms with van der Waals surface area (Å²) in [4.78, 5) is 0. The Hall–Kier alpha value is -3.34. The van der Waals surface area contributed by atoms with Gasteiger partial charge in [-0.2, -0.15) is 0 Å². The maximum atomic E-state index is 15.4. The van der Waals surface area contributed by atoms with Gasteiger partial charge in [0, 0.05) is 11.6 Å². The zero-order chi connectivity index (χ0) is 29.8. The summed E-state index contributed by atoms with van der Waals surface area (Å²) in [6, 6.07) is 16.3. The third-order valence-corrected chi connectivity index (χ3v) is 7.49. The second-order valence-electron chi connectivity index (χ2n) is 10.6. The van der Waals surface area contributed by atoms with Gasteiger partial charge < -0.3 is 15.2 Å². The number of hydrogen-bond donors (Lipinski definition) is 1. The van der Waals surface area contributed by atoms with Crippen molar-refractivity contribution in [1.29, 1.82) is 0 Å². The van der Waals surface area contributed by atoms with Crippen LogP contribution in [-0.2, 0) is 6.42 Å². The topological polar surface area (TPSA) is 44.5 Å². The normalized spacial score (nSPS) is 13.5. The van der Waals surface area contributed by atoms with Gasteiger partial charge in [-0.25, -0.2) is 8.78 Å². The second-order valence-corrected chi connectivity index (χ2v) is 10.6. The molecule has 3 nitrogen and oxygen atoms in total. The lowest BCUT2D eigenvalue weighted by Gasteiger charge is -2.20. The molecular formula is C36H47F2NO2. The van der Waals surface area contributed by atoms with Crippen molar-refractivity contribution in [3.05, 3.63) is 88.5 Å². The number of halogens is 2. The second kappa shape index (κ2) is 16.2. The average molecular weight is 564 g/mol. The minimum absolute atomic E-state index is 0.133. The van der Waals surface area contributed by atoms with Gasteiger partial charge in [0.15, 0.2) is 0 Å². The predicted octanol–water partition coefficient (Wildman–Crippen LogP) is 10.4. The summed E-state index contributed by atoms with van der Waals surface area (Å²) in [6.45, 7) is 11.0. The summed E-state index contributed by atoms with van der Waals surface area (Å²) in [5.41, 5.74) is 10.5. The van der Waals surface area contributed by atoms with E-state index in [4.69, 9.17) is 15.2 Å². The number of anilines is 1. The molecule has 1 atom stereocenters. The van der Waals surface area contributed by atoms with E-state index in [-0.39, 0.29) is 23.4 Å². The van der Waals surface area contributed by atoms with E-state index in [0.717, 1.165) is 47.3 Å². The molecule has 3 aromatic carbocycles. The van der Waals surface area contributed by atoms with Crippen molar-refractivity contribution in [1.82, 2.24) is 0 Å². The first-order valence-electron chi connectivity index (χ1n) is 15.4. The molecule has 0 amide bonds. The van der Waals surface area contributed by atoms with Gasteiger partial charge in [-0.1, -0.05) is 71.6 Å². The summed E-state index contributed by atoms with van der Waals surface area (Å²) < 4.78 is 42.2. The van der Waals surface area contributed by atoms with Gasteiger partial charge >= 0.3 is 0 Å². The number of benzene rings is 3. The molecule has 5 heteroatoms. The van der Waals surface area contributed by atoms with Crippen LogP contribution in [0.3, 0.4) is 0 Å². The van der Waals surface area contributed by atoms with Gasteiger partial charge in [-0.05, 0) is 97.2 Å². The fourth-order valence-corrected chi connectivity index (χ4v) is 5.36. The lowest BCUT2D eigenvalue weighted by Crippen LogP contribution is -2.14. The first-order valence-corrected chi connectivity index (χ1v) is 15.4. The van der Waals surface area contributed by atoms with Crippen molar-refractivity contribution in [2.45, 2.75) is 98.5 Å². The van der Waals surface area contributed by atoms with Crippen LogP contribution in [0.15, 0.2) is 54.6 Å². The molecule has 3 aromatic rings. The number of ether oxygens (including phenoxy) is 2. The van der Waals surface area contributed by atoms with Crippen LogP contribution in [0.5, 0.6) is 11.5 Å². The quantitative estimate of drug-likeness (QED) is 0.236. The number of unbranched alkanes of at least 4 members (excludes halogenated alkanes) is 2. The van der Waals surface area contributed by atoms with Crippen molar-refractivity contribution < 1.29 is 18.3 Å². The third kappa shape index (κ3) is 8.34. The van der Waals surface area contributed by atoms with E-state index in [2.05, 4.69) is 27.7 Å². The van der Waals surface area contributed by atoms with Crippen molar-refractivity contribution in [3.8, 4) is 11.5 Å². The highest BCUT2D eigenvalue weighted by Gasteiger charge is 2.25. The van der Waals surface area contributed by atoms with E-state index in [1.54, 1.807) is 18.2 Å². The van der Waals surface area contributed by atoms with Crippen LogP contribution < -0.4 is 15.2 Å². The number of rotatable bonds is 11. The third-order valence-electron chi connectivity index (χ3n) is 7.49. The molecule has 1 aliphatic rings. The molecule has 0 saturated heterocycles. The first-order chi connectivity index (χ1) is 19.9. The van der Waals surface area contributed by atoms with Crippen molar-refractivity contribution in [2.24, 2.45) is 0 Å². The molecule has 41 heavy (non-hydrogen) atoms. The summed E-state index contributed by atoms with van der Waals surface area (Å²) in [6.07, 6.45) is 9.09. The number of nitrogen functional groups attached to an aromatic ring is 1. The minimum atomic E-state index is -0.385. The van der Waals surface area contributed by atoms with Gasteiger partial charge in [-0.3, -0.25) is 0 Å². The monoisotopic (exact) mass is 563 g/mol. The zero-order valence-electron chi connectivity index (χ0n) is 25.5. The molecule has 0 fully saturated rings. The fraction of sp³-hybridized carbons (Fsp3) is 0.444. The van der Waals surface area contributed by atoms with E-state index in [0.29, 0.717) is 42.7 Å². The number of fused-ring (bicyclic) bond motifs is 1. The van der Waals surface area contributed by atoms with E-state index in [9.17, 15) is 0 Å². The molecule has 0 aromatic heterocycles. The van der Waals surface area contributed by atoms with Crippen LogP contribution in [-0.4, -0.2) is 12.7 Å². The largest absolute Gasteiger partial charge is 0.494 e. The molecule has 2 N–H and O–H groups in total. The van der Waals surface area contributed by atoms with Gasteiger partial charge in [-0.15, -0.1) is 0 Å². The number of hydrogen-bond acceptors (Lipinski definition) is 3. The van der Waals surface area contributed by atoms with E-state index in [1.807, 2.05) is 37.3 Å². The SMILES string of the molecule is CCCC(CC)Oc1ccc(C2=C(c3ccc(OCC)cc3F)CCCc3c2ccc(N)c3F)cc1.CCCCC. The van der Waals surface area contributed by atoms with E-state index >= 15 is 8.78 Å². The Morgan fingerprint density at radius 3 is 2.07 bits per heavy atom. The Bertz CT molecular complexity index is 1280. The summed E-state index contributed by atoms with van der Waals surface area (Å²) >= 11 is 0. The molecule has 4 rings (SSSR count). The van der Waals surface area contributed by atoms with Crippen LogP contribution in [0.2, 0.25) is 0 Å². The molecule has 0 aliphatic heterocycles. The Morgan fingerprint density at radius 2 is 1.49 bits per heavy atom. The van der Waals surface area contributed by atoms with Crippen LogP contribution in [0.4, 0.5) is 14.5 Å². The van der Waals surface area contributed by atoms with E-state index in [1.165, 1.54) is 25.3 Å². The summed E-state index contributed by atoms with van der Waals surface area (Å²) in [7, 11) is 0. The molecule has 1 aliphatic carbocycles. The van der Waals surface area contributed by atoms with Crippen LogP contribution in [0, 0.1) is 11.6 Å². The fourth-order valence-electron chi connectivity index (χ4n) is 5.36. The summed E-state index contributed by atoms with van der Waals surface area (Å²) in [5, 5.41) is 0. The van der Waals surface area contributed by atoms with Crippen molar-refractivity contribution >= 4 is 16.8 Å². The molecule has 1 unspecified atom stereocenters. The highest BCUT2D eigenvalue weighted by atomic mass is 19.1. The van der Waals surface area contributed by atoms with Crippen molar-refractivity contribution in [3.63, 3.8) is 0 Å². The summed E-state index contributed by atoms with van der Waals surface area (Å²) in [5.74, 6) is 0.556. The maximum absolute atomic E-state index is 15.4. The Kier molecular flexibility index (Phi) is 12.7. The van der Waals surface area contributed by atoms with Gasteiger partial charge in [0.2, 0.25) is 0 Å². The van der Waals surface area contributed by atoms with Gasteiger partial charge in [0.25, 0.3) is 0 Å². The lowest BCUT2D eigenvalue weighted by molar-refractivity contribution is 0.186. The van der Waals surface area contributed by atoms with Crippen LogP contribution >= 0.6 is 0 Å². The Morgan fingerprint density at radius 1 is 0.805 bits per heavy atom. The first kappa shape index (κ1) is 32.2. The lowest BCUT2D eigenvalue weighted by atomic mass is 9.87. The smallest absolute Gasteiger partial charge is 0.149 e. The number of nitrogens with two attached hydrogens (primary N) is 1. The van der Waals surface area contributed by atoms with E-state index < -0.39 is 0 Å². The van der Waals surface area contributed by atoms with Crippen LogP contribution in [0.25, 0.3) is 11.1 Å².